The van der Waals surface area contributed by atoms with Crippen molar-refractivity contribution in [3.8, 4) is 33.4 Å². The zero-order valence-electron chi connectivity index (χ0n) is 14.5. The van der Waals surface area contributed by atoms with Crippen LogP contribution in [0.15, 0.2) is 53.9 Å². The first-order valence-electron chi connectivity index (χ1n) is 8.32. The number of hydrogen-bond acceptors (Lipinski definition) is 6. The van der Waals surface area contributed by atoms with Crippen LogP contribution in [0.1, 0.15) is 6.92 Å². The summed E-state index contributed by atoms with van der Waals surface area (Å²) in [6.45, 7) is 2.57. The molecule has 2 aromatic carbocycles. The van der Waals surface area contributed by atoms with Crippen LogP contribution >= 0.6 is 22.9 Å². The van der Waals surface area contributed by atoms with Crippen LogP contribution in [0.2, 0.25) is 5.02 Å². The van der Waals surface area contributed by atoms with Crippen LogP contribution in [0.25, 0.3) is 27.6 Å². The fraction of sp³-hybridized carbons (Fsp3) is 0.105. The van der Waals surface area contributed by atoms with Gasteiger partial charge in [-0.1, -0.05) is 28.9 Å². The second-order valence-electron chi connectivity index (χ2n) is 5.71. The lowest BCUT2D eigenvalue weighted by Crippen LogP contribution is -2.02. The highest BCUT2D eigenvalue weighted by Gasteiger charge is 2.17. The zero-order chi connectivity index (χ0) is 18.8. The van der Waals surface area contributed by atoms with Gasteiger partial charge in [-0.2, -0.15) is 4.68 Å². The van der Waals surface area contributed by atoms with Gasteiger partial charge in [0.1, 0.15) is 10.8 Å². The molecule has 0 spiro atoms. The van der Waals surface area contributed by atoms with E-state index in [4.69, 9.17) is 22.1 Å². The standard InChI is InChI=1S/C19H16ClN5OS/c1-2-26-15-9-7-14(8-10-15)25-18(21)17(23-24-25)19-22-16(11-27-19)12-3-5-13(20)6-4-12/h3-11H,2,21H2,1H3. The number of ether oxygens (including phenoxy) is 1. The third-order valence-corrected chi connectivity index (χ3v) is 5.04. The highest BCUT2D eigenvalue weighted by molar-refractivity contribution is 7.13. The molecule has 2 N–H and O–H groups in total. The van der Waals surface area contributed by atoms with Gasteiger partial charge in [-0.3, -0.25) is 0 Å². The second kappa shape index (κ2) is 7.38. The summed E-state index contributed by atoms with van der Waals surface area (Å²) in [6, 6.07) is 15.1. The summed E-state index contributed by atoms with van der Waals surface area (Å²) in [6.07, 6.45) is 0. The molecule has 4 rings (SSSR count). The number of rotatable bonds is 5. The molecular formula is C19H16ClN5OS. The van der Waals surface area contributed by atoms with E-state index in [1.165, 1.54) is 11.3 Å². The lowest BCUT2D eigenvalue weighted by molar-refractivity contribution is 0.340. The minimum atomic E-state index is 0.441. The Kier molecular flexibility index (Phi) is 4.79. The molecule has 4 aromatic rings. The summed E-state index contributed by atoms with van der Waals surface area (Å²) in [5.74, 6) is 1.24. The maximum atomic E-state index is 6.29. The molecule has 0 aliphatic heterocycles. The molecular weight excluding hydrogens is 382 g/mol. The molecule has 0 atom stereocenters. The SMILES string of the molecule is CCOc1ccc(-n2nnc(-c3nc(-c4ccc(Cl)cc4)cs3)c2N)cc1. The molecule has 0 bridgehead atoms. The van der Waals surface area contributed by atoms with Gasteiger partial charge in [0.2, 0.25) is 0 Å². The summed E-state index contributed by atoms with van der Waals surface area (Å²) in [4.78, 5) is 4.65. The van der Waals surface area contributed by atoms with Crippen LogP contribution in [0.5, 0.6) is 5.75 Å². The Balaban J connectivity index is 1.63. The Morgan fingerprint density at radius 1 is 1.11 bits per heavy atom. The average molecular weight is 398 g/mol. The van der Waals surface area contributed by atoms with Crippen molar-refractivity contribution in [3.63, 3.8) is 0 Å². The maximum absolute atomic E-state index is 6.29. The van der Waals surface area contributed by atoms with Gasteiger partial charge in [0.25, 0.3) is 0 Å². The number of thiazole rings is 1. The molecule has 6 nitrogen and oxygen atoms in total. The first kappa shape index (κ1) is 17.5. The van der Waals surface area contributed by atoms with Crippen LogP contribution < -0.4 is 10.5 Å². The van der Waals surface area contributed by atoms with E-state index in [1.807, 2.05) is 60.8 Å². The van der Waals surface area contributed by atoms with Crippen molar-refractivity contribution >= 4 is 28.8 Å². The van der Waals surface area contributed by atoms with Crippen molar-refractivity contribution in [2.75, 3.05) is 12.3 Å². The fourth-order valence-corrected chi connectivity index (χ4v) is 3.56. The highest BCUT2D eigenvalue weighted by Crippen LogP contribution is 2.32. The maximum Gasteiger partial charge on any atom is 0.165 e. The van der Waals surface area contributed by atoms with Crippen molar-refractivity contribution in [1.82, 2.24) is 20.0 Å². The summed E-state index contributed by atoms with van der Waals surface area (Å²) in [5, 5.41) is 11.8. The third-order valence-electron chi connectivity index (χ3n) is 3.94. The van der Waals surface area contributed by atoms with Crippen LogP contribution in [0.3, 0.4) is 0 Å². The van der Waals surface area contributed by atoms with Crippen molar-refractivity contribution in [2.45, 2.75) is 6.92 Å². The smallest absolute Gasteiger partial charge is 0.165 e. The number of nitrogen functional groups attached to an aromatic ring is 1. The van der Waals surface area contributed by atoms with Gasteiger partial charge in [0.15, 0.2) is 11.5 Å². The van der Waals surface area contributed by atoms with Crippen molar-refractivity contribution in [1.29, 1.82) is 0 Å². The van der Waals surface area contributed by atoms with E-state index in [0.29, 0.717) is 23.1 Å². The summed E-state index contributed by atoms with van der Waals surface area (Å²) in [7, 11) is 0. The summed E-state index contributed by atoms with van der Waals surface area (Å²) < 4.78 is 7.05. The van der Waals surface area contributed by atoms with Gasteiger partial charge >= 0.3 is 0 Å². The Bertz CT molecular complexity index is 1060. The molecule has 136 valence electrons. The Labute approximate surface area is 165 Å². The molecule has 0 saturated carbocycles. The Morgan fingerprint density at radius 2 is 1.85 bits per heavy atom. The van der Waals surface area contributed by atoms with Gasteiger partial charge in [0, 0.05) is 16.0 Å². The number of benzene rings is 2. The predicted octanol–water partition coefficient (Wildman–Crippen LogP) is 4.69. The van der Waals surface area contributed by atoms with Gasteiger partial charge < -0.3 is 10.5 Å². The number of nitrogens with zero attached hydrogens (tertiary/aromatic N) is 4. The summed E-state index contributed by atoms with van der Waals surface area (Å²) in [5.41, 5.74) is 9.50. The largest absolute Gasteiger partial charge is 0.494 e. The van der Waals surface area contributed by atoms with Crippen LogP contribution in [-0.4, -0.2) is 26.6 Å². The van der Waals surface area contributed by atoms with Crippen LogP contribution in [0.4, 0.5) is 5.82 Å². The monoisotopic (exact) mass is 397 g/mol. The lowest BCUT2D eigenvalue weighted by Gasteiger charge is -2.05. The van der Waals surface area contributed by atoms with E-state index < -0.39 is 0 Å². The third kappa shape index (κ3) is 3.51. The highest BCUT2D eigenvalue weighted by atomic mass is 35.5. The van der Waals surface area contributed by atoms with Crippen LogP contribution in [0, 0.1) is 0 Å². The van der Waals surface area contributed by atoms with E-state index in [-0.39, 0.29) is 0 Å². The van der Waals surface area contributed by atoms with E-state index >= 15 is 0 Å². The first-order chi connectivity index (χ1) is 13.2. The average Bonchev–Trinajstić information content (AvgIpc) is 3.30. The zero-order valence-corrected chi connectivity index (χ0v) is 16.0. The van der Waals surface area contributed by atoms with E-state index in [2.05, 4.69) is 15.3 Å². The topological polar surface area (TPSA) is 78.8 Å². The Morgan fingerprint density at radius 3 is 2.56 bits per heavy atom. The second-order valence-corrected chi connectivity index (χ2v) is 7.00. The molecule has 2 heterocycles. The fourth-order valence-electron chi connectivity index (χ4n) is 2.62. The molecule has 2 aromatic heterocycles. The number of anilines is 1. The molecule has 0 saturated heterocycles. The number of nitrogens with two attached hydrogens (primary N) is 1. The first-order valence-corrected chi connectivity index (χ1v) is 9.57. The minimum Gasteiger partial charge on any atom is -0.494 e. The number of aromatic nitrogens is 4. The van der Waals surface area contributed by atoms with E-state index in [1.54, 1.807) is 4.68 Å². The molecule has 0 radical (unpaired) electrons. The Hall–Kier alpha value is -2.90. The number of hydrogen-bond donors (Lipinski definition) is 1. The molecule has 27 heavy (non-hydrogen) atoms. The molecule has 0 unspecified atom stereocenters. The van der Waals surface area contributed by atoms with Gasteiger partial charge in [-0.25, -0.2) is 4.98 Å². The van der Waals surface area contributed by atoms with E-state index in [0.717, 1.165) is 27.7 Å². The predicted molar refractivity (Wildman–Crippen MR) is 108 cm³/mol. The molecule has 8 heteroatoms. The molecule has 0 aliphatic carbocycles. The molecule has 0 amide bonds. The quantitative estimate of drug-likeness (QED) is 0.528. The normalized spacial score (nSPS) is 10.9. The number of halogens is 1. The van der Waals surface area contributed by atoms with Crippen LogP contribution in [-0.2, 0) is 0 Å². The summed E-state index contributed by atoms with van der Waals surface area (Å²) >= 11 is 7.42. The van der Waals surface area contributed by atoms with Crippen molar-refractivity contribution < 1.29 is 4.74 Å². The van der Waals surface area contributed by atoms with Crippen molar-refractivity contribution in [2.24, 2.45) is 0 Å². The van der Waals surface area contributed by atoms with Gasteiger partial charge in [0.05, 0.1) is 18.0 Å². The molecule has 0 fully saturated rings. The molecule has 0 aliphatic rings. The van der Waals surface area contributed by atoms with Gasteiger partial charge in [-0.05, 0) is 43.3 Å². The van der Waals surface area contributed by atoms with E-state index in [9.17, 15) is 0 Å². The lowest BCUT2D eigenvalue weighted by atomic mass is 10.2. The van der Waals surface area contributed by atoms with Gasteiger partial charge in [-0.15, -0.1) is 16.4 Å². The minimum absolute atomic E-state index is 0.441. The van der Waals surface area contributed by atoms with Crippen molar-refractivity contribution in [3.05, 3.63) is 58.9 Å².